The van der Waals surface area contributed by atoms with Crippen LogP contribution >= 0.6 is 0 Å². The van der Waals surface area contributed by atoms with Gasteiger partial charge in [0.05, 0.1) is 29.7 Å². The molecule has 0 spiro atoms. The van der Waals surface area contributed by atoms with Crippen LogP contribution in [0.4, 0.5) is 5.69 Å². The van der Waals surface area contributed by atoms with Crippen LogP contribution in [0.1, 0.15) is 30.4 Å². The first-order valence-corrected chi connectivity index (χ1v) is 7.89. The molecular formula is C17H17NO3. The minimum absolute atomic E-state index is 0.0316. The molecule has 0 unspecified atom stereocenters. The van der Waals surface area contributed by atoms with Gasteiger partial charge in [-0.05, 0) is 55.4 Å². The van der Waals surface area contributed by atoms with Crippen molar-refractivity contribution in [2.24, 2.45) is 11.8 Å². The molecule has 108 valence electrons. The van der Waals surface area contributed by atoms with Gasteiger partial charge in [-0.2, -0.15) is 0 Å². The lowest BCUT2D eigenvalue weighted by molar-refractivity contribution is -0.124. The Morgan fingerprint density at radius 3 is 2.33 bits per heavy atom. The number of benzene rings is 1. The molecule has 1 aromatic carbocycles. The molecule has 0 saturated carbocycles. The molecule has 4 nitrogen and oxygen atoms in total. The van der Waals surface area contributed by atoms with E-state index in [1.54, 1.807) is 0 Å². The SMILES string of the molecule is O=C1[C@@H]2[C@H](C(=O)N1c1ccc3c(c1)CCC3)[C@H]1CC[C@@H]2O1. The number of amides is 2. The first kappa shape index (κ1) is 11.9. The number of rotatable bonds is 1. The highest BCUT2D eigenvalue weighted by atomic mass is 16.5. The van der Waals surface area contributed by atoms with Gasteiger partial charge >= 0.3 is 0 Å². The van der Waals surface area contributed by atoms with Crippen molar-refractivity contribution in [3.8, 4) is 0 Å². The third kappa shape index (κ3) is 1.43. The van der Waals surface area contributed by atoms with Gasteiger partial charge in [-0.3, -0.25) is 9.59 Å². The highest BCUT2D eigenvalue weighted by Gasteiger charge is 2.62. The molecule has 0 N–H and O–H groups in total. The summed E-state index contributed by atoms with van der Waals surface area (Å²) in [7, 11) is 0. The summed E-state index contributed by atoms with van der Waals surface area (Å²) in [5.74, 6) is -0.556. The molecule has 0 aromatic heterocycles. The normalized spacial score (nSPS) is 36.5. The van der Waals surface area contributed by atoms with Crippen molar-refractivity contribution in [3.63, 3.8) is 0 Å². The Bertz CT molecular complexity index is 640. The van der Waals surface area contributed by atoms with Gasteiger partial charge < -0.3 is 4.74 Å². The van der Waals surface area contributed by atoms with Crippen LogP contribution in [0.3, 0.4) is 0 Å². The average Bonchev–Trinajstić information content (AvgIpc) is 3.22. The Morgan fingerprint density at radius 1 is 0.952 bits per heavy atom. The Labute approximate surface area is 123 Å². The largest absolute Gasteiger partial charge is 0.373 e. The minimum atomic E-state index is -0.232. The second kappa shape index (κ2) is 3.95. The van der Waals surface area contributed by atoms with Crippen molar-refractivity contribution in [2.75, 3.05) is 4.90 Å². The molecular weight excluding hydrogens is 266 g/mol. The summed E-state index contributed by atoms with van der Waals surface area (Å²) in [6, 6.07) is 6.06. The second-order valence-electron chi connectivity index (χ2n) is 6.66. The van der Waals surface area contributed by atoms with Crippen molar-refractivity contribution in [1.29, 1.82) is 0 Å². The van der Waals surface area contributed by atoms with E-state index in [9.17, 15) is 9.59 Å². The van der Waals surface area contributed by atoms with Crippen LogP contribution in [0.15, 0.2) is 18.2 Å². The molecule has 3 saturated heterocycles. The molecule has 2 bridgehead atoms. The van der Waals surface area contributed by atoms with E-state index in [4.69, 9.17) is 4.74 Å². The fraction of sp³-hybridized carbons (Fsp3) is 0.529. The zero-order valence-corrected chi connectivity index (χ0v) is 11.7. The number of ether oxygens (including phenoxy) is 1. The van der Waals surface area contributed by atoms with E-state index in [0.717, 1.165) is 31.4 Å². The van der Waals surface area contributed by atoms with Gasteiger partial charge in [-0.15, -0.1) is 0 Å². The number of hydrogen-bond donors (Lipinski definition) is 0. The van der Waals surface area contributed by atoms with Crippen molar-refractivity contribution in [2.45, 2.75) is 44.3 Å². The molecule has 2 amide bonds. The number of nitrogens with zero attached hydrogens (tertiary/aromatic N) is 1. The van der Waals surface area contributed by atoms with Crippen LogP contribution in [-0.2, 0) is 27.2 Å². The molecule has 21 heavy (non-hydrogen) atoms. The molecule has 4 heteroatoms. The summed E-state index contributed by atoms with van der Waals surface area (Å²) in [5, 5.41) is 0. The van der Waals surface area contributed by atoms with Gasteiger partial charge in [0.25, 0.3) is 0 Å². The molecule has 3 aliphatic heterocycles. The molecule has 1 aromatic rings. The Morgan fingerprint density at radius 2 is 1.62 bits per heavy atom. The zero-order valence-electron chi connectivity index (χ0n) is 11.7. The van der Waals surface area contributed by atoms with E-state index in [2.05, 4.69) is 6.07 Å². The van der Waals surface area contributed by atoms with Crippen LogP contribution in [0.5, 0.6) is 0 Å². The lowest BCUT2D eigenvalue weighted by Crippen LogP contribution is -2.34. The number of anilines is 1. The third-order valence-corrected chi connectivity index (χ3v) is 5.62. The smallest absolute Gasteiger partial charge is 0.240 e. The summed E-state index contributed by atoms with van der Waals surface area (Å²) >= 11 is 0. The quantitative estimate of drug-likeness (QED) is 0.739. The average molecular weight is 283 g/mol. The first-order chi connectivity index (χ1) is 10.2. The number of imide groups is 1. The molecule has 4 atom stereocenters. The van der Waals surface area contributed by atoms with Crippen LogP contribution in [0.25, 0.3) is 0 Å². The van der Waals surface area contributed by atoms with Gasteiger partial charge in [-0.25, -0.2) is 4.90 Å². The fourth-order valence-electron chi connectivity index (χ4n) is 4.66. The highest BCUT2D eigenvalue weighted by molar-refractivity contribution is 6.22. The maximum Gasteiger partial charge on any atom is 0.240 e. The first-order valence-electron chi connectivity index (χ1n) is 7.89. The monoisotopic (exact) mass is 283 g/mol. The third-order valence-electron chi connectivity index (χ3n) is 5.62. The molecule has 3 fully saturated rings. The predicted molar refractivity (Wildman–Crippen MR) is 75.8 cm³/mol. The maximum absolute atomic E-state index is 12.7. The molecule has 1 aliphatic carbocycles. The lowest BCUT2D eigenvalue weighted by atomic mass is 9.81. The Balaban J connectivity index is 1.55. The van der Waals surface area contributed by atoms with Crippen molar-refractivity contribution in [1.82, 2.24) is 0 Å². The summed E-state index contributed by atoms with van der Waals surface area (Å²) in [6.07, 6.45) is 5.11. The summed E-state index contributed by atoms with van der Waals surface area (Å²) in [5.41, 5.74) is 3.42. The fourth-order valence-corrected chi connectivity index (χ4v) is 4.66. The van der Waals surface area contributed by atoms with E-state index in [-0.39, 0.29) is 35.9 Å². The van der Waals surface area contributed by atoms with E-state index in [1.807, 2.05) is 12.1 Å². The summed E-state index contributed by atoms with van der Waals surface area (Å²) in [6.45, 7) is 0. The Kier molecular flexibility index (Phi) is 2.24. The number of carbonyl (C=O) groups is 2. The van der Waals surface area contributed by atoms with Gasteiger partial charge in [0.2, 0.25) is 11.8 Å². The molecule has 3 heterocycles. The number of hydrogen-bond acceptors (Lipinski definition) is 3. The molecule has 4 aliphatic rings. The van der Waals surface area contributed by atoms with Crippen molar-refractivity contribution < 1.29 is 14.3 Å². The van der Waals surface area contributed by atoms with Crippen LogP contribution in [0, 0.1) is 11.8 Å². The second-order valence-corrected chi connectivity index (χ2v) is 6.66. The van der Waals surface area contributed by atoms with E-state index < -0.39 is 0 Å². The topological polar surface area (TPSA) is 46.6 Å². The van der Waals surface area contributed by atoms with Gasteiger partial charge in [0, 0.05) is 0 Å². The van der Waals surface area contributed by atoms with Gasteiger partial charge in [0.1, 0.15) is 0 Å². The minimum Gasteiger partial charge on any atom is -0.373 e. The number of fused-ring (bicyclic) bond motifs is 6. The van der Waals surface area contributed by atoms with Crippen molar-refractivity contribution in [3.05, 3.63) is 29.3 Å². The van der Waals surface area contributed by atoms with Crippen LogP contribution in [-0.4, -0.2) is 24.0 Å². The van der Waals surface area contributed by atoms with E-state index in [1.165, 1.54) is 22.4 Å². The highest BCUT2D eigenvalue weighted by Crippen LogP contribution is 2.49. The summed E-state index contributed by atoms with van der Waals surface area (Å²) in [4.78, 5) is 26.9. The van der Waals surface area contributed by atoms with Gasteiger partial charge in [-0.1, -0.05) is 6.07 Å². The van der Waals surface area contributed by atoms with Crippen LogP contribution in [0.2, 0.25) is 0 Å². The van der Waals surface area contributed by atoms with Crippen LogP contribution < -0.4 is 4.90 Å². The number of carbonyl (C=O) groups excluding carboxylic acids is 2. The van der Waals surface area contributed by atoms with E-state index in [0.29, 0.717) is 0 Å². The van der Waals surface area contributed by atoms with Gasteiger partial charge in [0.15, 0.2) is 0 Å². The van der Waals surface area contributed by atoms with E-state index >= 15 is 0 Å². The number of aryl methyl sites for hydroxylation is 2. The molecule has 5 rings (SSSR count). The van der Waals surface area contributed by atoms with Crippen molar-refractivity contribution >= 4 is 17.5 Å². The summed E-state index contributed by atoms with van der Waals surface area (Å²) < 4.78 is 5.77. The zero-order chi connectivity index (χ0) is 14.1. The lowest BCUT2D eigenvalue weighted by Gasteiger charge is -2.18. The maximum atomic E-state index is 12.7. The Hall–Kier alpha value is -1.68. The predicted octanol–water partition coefficient (Wildman–Crippen LogP) is 1.84. The standard InChI is InChI=1S/C17H17NO3/c19-16-14-12-6-7-13(21-12)15(14)17(20)18(16)11-5-4-9-2-1-3-10(9)8-11/h4-5,8,12-15H,1-3,6-7H2/t12-,13+,14-,15+. The molecule has 0 radical (unpaired) electrons.